The van der Waals surface area contributed by atoms with Crippen molar-refractivity contribution < 1.29 is 5.11 Å². The molecule has 1 N–H and O–H groups in total. The second-order valence-corrected chi connectivity index (χ2v) is 4.56. The van der Waals surface area contributed by atoms with Crippen molar-refractivity contribution in [1.82, 2.24) is 14.8 Å². The van der Waals surface area contributed by atoms with E-state index in [9.17, 15) is 0 Å². The molecule has 1 saturated carbocycles. The largest absolute Gasteiger partial charge is 0.388 e. The maximum absolute atomic E-state index is 9.12. The lowest BCUT2D eigenvalue weighted by Crippen LogP contribution is -2.39. The number of rotatable bonds is 3. The van der Waals surface area contributed by atoms with Gasteiger partial charge in [-0.3, -0.25) is 0 Å². The number of hydrogen-bond acceptors (Lipinski definition) is 3. The fraction of sp³-hybridized carbons (Fsp3) is 0.800. The number of aliphatic hydroxyl groups excluding tert-OH is 1. The minimum atomic E-state index is -0.0316. The Kier molecular flexibility index (Phi) is 2.31. The summed E-state index contributed by atoms with van der Waals surface area (Å²) >= 11 is 0. The summed E-state index contributed by atoms with van der Waals surface area (Å²) in [5.74, 6) is 1.37. The Hall–Kier alpha value is -0.900. The van der Waals surface area contributed by atoms with Gasteiger partial charge in [0.25, 0.3) is 0 Å². The maximum atomic E-state index is 9.12. The second-order valence-electron chi connectivity index (χ2n) is 4.56. The zero-order valence-electron chi connectivity index (χ0n) is 8.77. The minimum Gasteiger partial charge on any atom is -0.388 e. The highest BCUT2D eigenvalue weighted by Gasteiger charge is 2.36. The molecule has 14 heavy (non-hydrogen) atoms. The quantitative estimate of drug-likeness (QED) is 0.791. The van der Waals surface area contributed by atoms with Crippen molar-refractivity contribution in [2.45, 2.75) is 45.3 Å². The van der Waals surface area contributed by atoms with E-state index in [2.05, 4.69) is 24.0 Å². The Morgan fingerprint density at radius 1 is 1.57 bits per heavy atom. The molecule has 4 heteroatoms. The minimum absolute atomic E-state index is 0.0316. The highest BCUT2D eigenvalue weighted by Crippen LogP contribution is 2.40. The van der Waals surface area contributed by atoms with Crippen LogP contribution in [0.25, 0.3) is 0 Å². The van der Waals surface area contributed by atoms with Gasteiger partial charge in [0.1, 0.15) is 12.9 Å². The fourth-order valence-corrected chi connectivity index (χ4v) is 2.16. The van der Waals surface area contributed by atoms with E-state index in [4.69, 9.17) is 5.11 Å². The molecule has 2 rings (SSSR count). The van der Waals surface area contributed by atoms with Crippen molar-refractivity contribution in [1.29, 1.82) is 0 Å². The Morgan fingerprint density at radius 3 is 2.79 bits per heavy atom. The molecule has 0 bridgehead atoms. The average molecular weight is 195 g/mol. The molecule has 1 aromatic heterocycles. The first-order valence-electron chi connectivity index (χ1n) is 5.16. The van der Waals surface area contributed by atoms with Crippen LogP contribution in [0.5, 0.6) is 0 Å². The van der Waals surface area contributed by atoms with Crippen LogP contribution in [0.4, 0.5) is 0 Å². The molecule has 1 heterocycles. The van der Waals surface area contributed by atoms with Gasteiger partial charge in [-0.15, -0.1) is 10.2 Å². The van der Waals surface area contributed by atoms with Crippen molar-refractivity contribution in [3.8, 4) is 0 Å². The molecule has 1 aliphatic carbocycles. The van der Waals surface area contributed by atoms with Crippen molar-refractivity contribution in [2.24, 2.45) is 5.92 Å². The molecule has 0 amide bonds. The van der Waals surface area contributed by atoms with Gasteiger partial charge >= 0.3 is 0 Å². The van der Waals surface area contributed by atoms with Gasteiger partial charge < -0.3 is 9.67 Å². The zero-order chi connectivity index (χ0) is 10.2. The second kappa shape index (κ2) is 3.35. The first-order chi connectivity index (χ1) is 6.66. The Balaban J connectivity index is 2.27. The smallest absolute Gasteiger partial charge is 0.159 e. The van der Waals surface area contributed by atoms with Gasteiger partial charge in [-0.2, -0.15) is 0 Å². The van der Waals surface area contributed by atoms with Crippen LogP contribution in [0.15, 0.2) is 6.33 Å². The van der Waals surface area contributed by atoms with Gasteiger partial charge in [-0.05, 0) is 32.6 Å². The van der Waals surface area contributed by atoms with Crippen LogP contribution in [0.3, 0.4) is 0 Å². The molecule has 0 aromatic carbocycles. The van der Waals surface area contributed by atoms with E-state index in [1.54, 1.807) is 6.33 Å². The van der Waals surface area contributed by atoms with Gasteiger partial charge in [0.05, 0.1) is 0 Å². The van der Waals surface area contributed by atoms with Gasteiger partial charge in [-0.25, -0.2) is 0 Å². The molecular formula is C10H17N3O. The molecule has 1 aliphatic rings. The van der Waals surface area contributed by atoms with E-state index in [0.717, 1.165) is 0 Å². The van der Waals surface area contributed by atoms with Gasteiger partial charge in [0.15, 0.2) is 5.82 Å². The van der Waals surface area contributed by atoms with Crippen LogP contribution in [0, 0.1) is 5.92 Å². The van der Waals surface area contributed by atoms with Crippen molar-refractivity contribution >= 4 is 0 Å². The molecule has 4 nitrogen and oxygen atoms in total. The lowest BCUT2D eigenvalue weighted by molar-refractivity contribution is 0.118. The number of aliphatic hydroxyl groups is 1. The van der Waals surface area contributed by atoms with Crippen molar-refractivity contribution in [3.63, 3.8) is 0 Å². The molecule has 0 spiro atoms. The highest BCUT2D eigenvalue weighted by atomic mass is 16.3. The number of aromatic nitrogens is 3. The van der Waals surface area contributed by atoms with Crippen LogP contribution in [0.2, 0.25) is 0 Å². The molecule has 0 unspecified atom stereocenters. The molecule has 78 valence electrons. The predicted molar refractivity (Wildman–Crippen MR) is 52.6 cm³/mol. The Morgan fingerprint density at radius 2 is 2.29 bits per heavy atom. The van der Waals surface area contributed by atoms with Crippen LogP contribution in [-0.4, -0.2) is 19.9 Å². The van der Waals surface area contributed by atoms with Gasteiger partial charge in [0.2, 0.25) is 0 Å². The third-order valence-electron chi connectivity index (χ3n) is 3.48. The Labute approximate surface area is 84.0 Å². The summed E-state index contributed by atoms with van der Waals surface area (Å²) in [6.07, 6.45) is 5.60. The van der Waals surface area contributed by atoms with Crippen LogP contribution >= 0.6 is 0 Å². The monoisotopic (exact) mass is 195 g/mol. The number of hydrogen-bond donors (Lipinski definition) is 1. The lowest BCUT2D eigenvalue weighted by Gasteiger charge is -2.41. The van der Waals surface area contributed by atoms with Crippen molar-refractivity contribution in [2.75, 3.05) is 0 Å². The van der Waals surface area contributed by atoms with E-state index in [1.165, 1.54) is 19.3 Å². The summed E-state index contributed by atoms with van der Waals surface area (Å²) in [5.41, 5.74) is 0.0415. The summed E-state index contributed by atoms with van der Waals surface area (Å²) in [6, 6.07) is 0. The van der Waals surface area contributed by atoms with Gasteiger partial charge in [0, 0.05) is 5.54 Å². The van der Waals surface area contributed by atoms with E-state index in [0.29, 0.717) is 11.7 Å². The standard InChI is InChI=1S/C10H17N3O/c1-10(2,8-4-3-5-8)13-7-11-12-9(13)6-14/h7-8,14H,3-6H2,1-2H3. The summed E-state index contributed by atoms with van der Waals surface area (Å²) in [7, 11) is 0. The van der Waals surface area contributed by atoms with E-state index < -0.39 is 0 Å². The van der Waals surface area contributed by atoms with E-state index >= 15 is 0 Å². The van der Waals surface area contributed by atoms with Gasteiger partial charge in [-0.1, -0.05) is 6.42 Å². The maximum Gasteiger partial charge on any atom is 0.159 e. The van der Waals surface area contributed by atoms with Crippen LogP contribution in [-0.2, 0) is 12.1 Å². The summed E-state index contributed by atoms with van der Waals surface area (Å²) in [5, 5.41) is 16.9. The SMILES string of the molecule is CC(C)(C1CCC1)n1cnnc1CO. The predicted octanol–water partition coefficient (Wildman–Crippen LogP) is 1.31. The highest BCUT2D eigenvalue weighted by molar-refractivity contribution is 4.97. The van der Waals surface area contributed by atoms with E-state index in [-0.39, 0.29) is 12.1 Å². The molecule has 0 atom stereocenters. The average Bonchev–Trinajstić information content (AvgIpc) is 2.46. The first kappa shape index (κ1) is 9.65. The Bertz CT molecular complexity index is 315. The summed E-state index contributed by atoms with van der Waals surface area (Å²) < 4.78 is 2.01. The third kappa shape index (κ3) is 1.34. The first-order valence-corrected chi connectivity index (χ1v) is 5.16. The normalized spacial score (nSPS) is 18.2. The van der Waals surface area contributed by atoms with E-state index in [1.807, 2.05) is 4.57 Å². The zero-order valence-corrected chi connectivity index (χ0v) is 8.77. The lowest BCUT2D eigenvalue weighted by atomic mass is 9.72. The topological polar surface area (TPSA) is 50.9 Å². The van der Waals surface area contributed by atoms with Crippen LogP contribution in [0.1, 0.15) is 38.9 Å². The summed E-state index contributed by atoms with van der Waals surface area (Å²) in [6.45, 7) is 4.36. The van der Waals surface area contributed by atoms with Crippen molar-refractivity contribution in [3.05, 3.63) is 12.2 Å². The molecule has 1 fully saturated rings. The fourth-order valence-electron chi connectivity index (χ4n) is 2.16. The number of nitrogens with zero attached hydrogens (tertiary/aromatic N) is 3. The molecule has 0 radical (unpaired) electrons. The molecule has 0 saturated heterocycles. The molecule has 1 aromatic rings. The summed E-state index contributed by atoms with van der Waals surface area (Å²) in [4.78, 5) is 0. The third-order valence-corrected chi connectivity index (χ3v) is 3.48. The molecule has 0 aliphatic heterocycles. The van der Waals surface area contributed by atoms with Crippen LogP contribution < -0.4 is 0 Å². The molecular weight excluding hydrogens is 178 g/mol.